The Morgan fingerprint density at radius 3 is 2.14 bits per heavy atom. The van der Waals surface area contributed by atoms with Gasteiger partial charge in [0.05, 0.1) is 53.9 Å². The van der Waals surface area contributed by atoms with Gasteiger partial charge in [-0.05, 0) is 79.2 Å². The third-order valence-electron chi connectivity index (χ3n) is 11.8. The molecular weight excluding hydrogens is 673 g/mol. The maximum Gasteiger partial charge on any atom is 0.192 e. The van der Waals surface area contributed by atoms with Gasteiger partial charge in [-0.2, -0.15) is 0 Å². The summed E-state index contributed by atoms with van der Waals surface area (Å²) in [5, 5.41) is 9.51. The zero-order valence-corrected chi connectivity index (χ0v) is 35.4. The smallest absolute Gasteiger partial charge is 0.192 e. The highest BCUT2D eigenvalue weighted by Crippen LogP contribution is 2.43. The van der Waals surface area contributed by atoms with Gasteiger partial charge in [0.25, 0.3) is 0 Å². The summed E-state index contributed by atoms with van der Waals surface area (Å²) in [6.45, 7) is 29.6. The first-order chi connectivity index (χ1) is 22.5. The van der Waals surface area contributed by atoms with Crippen LogP contribution in [0.5, 0.6) is 0 Å². The Labute approximate surface area is 300 Å². The number of hydrogen-bond acceptors (Lipinski definition) is 8. The third kappa shape index (κ3) is 11.1. The summed E-state index contributed by atoms with van der Waals surface area (Å²) in [5.74, 6) is -0.285. The van der Waals surface area contributed by atoms with Crippen molar-refractivity contribution in [1.82, 2.24) is 0 Å². The fraction of sp³-hybridized carbons (Fsp3) is 0.789. The maximum absolute atomic E-state index is 13.9. The van der Waals surface area contributed by atoms with Crippen LogP contribution in [0.2, 0.25) is 36.3 Å². The first kappa shape index (κ1) is 42.5. The molecule has 8 nitrogen and oxygen atoms in total. The van der Waals surface area contributed by atoms with Crippen molar-refractivity contribution in [1.29, 1.82) is 0 Å². The molecule has 0 saturated carbocycles. The molecule has 3 rings (SSSR count). The standard InChI is InChI=1S/C38H68O8SSi2/c1-27-22-29(18-17-21-39)44-33(28(27)2)24-34-32(26-47(40,41)31-19-15-14-16-20-31)36(42-9)35(45-34)23-30(46-49(12,13)38(6,7)8)25-43-48(10,11)37(3,4)5/h14-16,19-20,27,29-30,32-36,39H,2,17-18,21-26H2,1,3-13H3/t27-,29?,30?,32+,33-,34+,35-,36-/m1/s1. The van der Waals surface area contributed by atoms with E-state index >= 15 is 0 Å². The summed E-state index contributed by atoms with van der Waals surface area (Å²) >= 11 is 0. The molecular formula is C38H68O8SSi2. The average Bonchev–Trinajstić information content (AvgIpc) is 3.30. The van der Waals surface area contributed by atoms with Gasteiger partial charge < -0.3 is 28.2 Å². The molecule has 11 heteroatoms. The van der Waals surface area contributed by atoms with Crippen LogP contribution in [0, 0.1) is 11.8 Å². The molecule has 2 heterocycles. The Morgan fingerprint density at radius 1 is 0.980 bits per heavy atom. The van der Waals surface area contributed by atoms with Gasteiger partial charge in [-0.1, -0.05) is 73.2 Å². The van der Waals surface area contributed by atoms with E-state index in [0.29, 0.717) is 30.8 Å². The van der Waals surface area contributed by atoms with Crippen molar-refractivity contribution < 1.29 is 36.6 Å². The predicted octanol–water partition coefficient (Wildman–Crippen LogP) is 8.17. The van der Waals surface area contributed by atoms with E-state index in [0.717, 1.165) is 18.4 Å². The fourth-order valence-corrected chi connectivity index (χ4v) is 10.6. The molecule has 282 valence electrons. The molecule has 0 amide bonds. The van der Waals surface area contributed by atoms with Crippen molar-refractivity contribution in [3.63, 3.8) is 0 Å². The Hall–Kier alpha value is -0.896. The normalized spacial score (nSPS) is 28.2. The first-order valence-corrected chi connectivity index (χ1v) is 25.7. The van der Waals surface area contributed by atoms with Crippen LogP contribution in [0.15, 0.2) is 47.4 Å². The van der Waals surface area contributed by atoms with Crippen LogP contribution >= 0.6 is 0 Å². The number of benzene rings is 1. The minimum atomic E-state index is -3.65. The second-order valence-corrected chi connectivity index (χ2v) is 29.1. The van der Waals surface area contributed by atoms with Crippen LogP contribution < -0.4 is 0 Å². The van der Waals surface area contributed by atoms with E-state index in [4.69, 9.17) is 23.1 Å². The number of ether oxygens (including phenoxy) is 3. The zero-order chi connectivity index (χ0) is 37.0. The molecule has 1 aromatic rings. The largest absolute Gasteiger partial charge is 0.414 e. The minimum Gasteiger partial charge on any atom is -0.414 e. The van der Waals surface area contributed by atoms with Crippen molar-refractivity contribution in [2.45, 2.75) is 158 Å². The summed E-state index contributed by atoms with van der Waals surface area (Å²) in [6, 6.07) is 8.64. The van der Waals surface area contributed by atoms with Crippen molar-refractivity contribution in [2.75, 3.05) is 26.1 Å². The highest BCUT2D eigenvalue weighted by molar-refractivity contribution is 7.91. The Balaban J connectivity index is 1.97. The Morgan fingerprint density at radius 2 is 1.59 bits per heavy atom. The summed E-state index contributed by atoms with van der Waals surface area (Å²) in [5.41, 5.74) is 1.01. The molecule has 2 unspecified atom stereocenters. The second-order valence-electron chi connectivity index (χ2n) is 17.5. The van der Waals surface area contributed by atoms with Gasteiger partial charge in [0.2, 0.25) is 0 Å². The molecule has 1 aromatic carbocycles. The zero-order valence-electron chi connectivity index (χ0n) is 32.6. The number of methoxy groups -OCH3 is 1. The molecule has 2 aliphatic rings. The van der Waals surface area contributed by atoms with E-state index in [2.05, 4.69) is 81.2 Å². The van der Waals surface area contributed by atoms with Gasteiger partial charge in [-0.3, -0.25) is 0 Å². The van der Waals surface area contributed by atoms with E-state index in [1.807, 2.05) is 6.07 Å². The SMILES string of the molecule is C=C1[C@H](C)CC(CCCO)O[C@@H]1C[C@@H]1O[C@H](CC(CO[Si](C)(C)C(C)(C)C)O[Si](C)(C)C(C)(C)C)[C@H](OC)[C@H]1CS(=O)(=O)c1ccccc1. The van der Waals surface area contributed by atoms with Crippen LogP contribution in [0.1, 0.15) is 80.6 Å². The first-order valence-electron chi connectivity index (χ1n) is 18.3. The molecule has 2 aliphatic heterocycles. The average molecular weight is 741 g/mol. The van der Waals surface area contributed by atoms with Crippen LogP contribution in [0.3, 0.4) is 0 Å². The number of sulfone groups is 1. The number of rotatable bonds is 16. The van der Waals surface area contributed by atoms with Crippen LogP contribution in [0.4, 0.5) is 0 Å². The summed E-state index contributed by atoms with van der Waals surface area (Å²) in [6.07, 6.45) is 1.49. The molecule has 1 N–H and O–H groups in total. The van der Waals surface area contributed by atoms with Gasteiger partial charge >= 0.3 is 0 Å². The highest BCUT2D eigenvalue weighted by atomic mass is 32.2. The lowest BCUT2D eigenvalue weighted by Crippen LogP contribution is -2.49. The molecule has 8 atom stereocenters. The summed E-state index contributed by atoms with van der Waals surface area (Å²) in [4.78, 5) is 0.296. The highest BCUT2D eigenvalue weighted by Gasteiger charge is 2.50. The van der Waals surface area contributed by atoms with Gasteiger partial charge in [-0.15, -0.1) is 0 Å². The molecule has 49 heavy (non-hydrogen) atoms. The topological polar surface area (TPSA) is 101 Å². The summed E-state index contributed by atoms with van der Waals surface area (Å²) < 4.78 is 61.3. The van der Waals surface area contributed by atoms with Crippen LogP contribution in [0.25, 0.3) is 0 Å². The van der Waals surface area contributed by atoms with Gasteiger partial charge in [0.1, 0.15) is 0 Å². The Kier molecular flexibility index (Phi) is 14.6. The predicted molar refractivity (Wildman–Crippen MR) is 204 cm³/mol. The van der Waals surface area contributed by atoms with Crippen molar-refractivity contribution in [3.05, 3.63) is 42.5 Å². The van der Waals surface area contributed by atoms with E-state index in [1.54, 1.807) is 31.4 Å². The van der Waals surface area contributed by atoms with Gasteiger partial charge in [0.15, 0.2) is 26.5 Å². The number of hydrogen-bond donors (Lipinski definition) is 1. The lowest BCUT2D eigenvalue weighted by atomic mass is 9.83. The maximum atomic E-state index is 13.9. The quantitative estimate of drug-likeness (QED) is 0.134. The van der Waals surface area contributed by atoms with Crippen molar-refractivity contribution in [3.8, 4) is 0 Å². The molecule has 0 aromatic heterocycles. The minimum absolute atomic E-state index is 0.00378. The van der Waals surface area contributed by atoms with Crippen molar-refractivity contribution >= 4 is 26.5 Å². The van der Waals surface area contributed by atoms with Crippen LogP contribution in [-0.4, -0.2) is 92.9 Å². The number of aliphatic hydroxyl groups is 1. The van der Waals surface area contributed by atoms with E-state index in [1.165, 1.54) is 0 Å². The van der Waals surface area contributed by atoms with E-state index < -0.39 is 50.7 Å². The molecule has 0 aliphatic carbocycles. The summed E-state index contributed by atoms with van der Waals surface area (Å²) in [7, 11) is -6.28. The fourth-order valence-electron chi connectivity index (χ4n) is 6.50. The Bertz CT molecular complexity index is 1300. The molecule has 0 radical (unpaired) electrons. The van der Waals surface area contributed by atoms with Crippen molar-refractivity contribution in [2.24, 2.45) is 11.8 Å². The number of aliphatic hydroxyl groups excluding tert-OH is 1. The molecule has 0 bridgehead atoms. The van der Waals surface area contributed by atoms with Gasteiger partial charge in [-0.25, -0.2) is 8.42 Å². The van der Waals surface area contributed by atoms with Crippen LogP contribution in [-0.2, 0) is 32.9 Å². The van der Waals surface area contributed by atoms with E-state index in [9.17, 15) is 13.5 Å². The molecule has 2 saturated heterocycles. The lowest BCUT2D eigenvalue weighted by Gasteiger charge is -2.42. The van der Waals surface area contributed by atoms with Gasteiger partial charge in [0, 0.05) is 32.5 Å². The monoisotopic (exact) mass is 740 g/mol. The second kappa shape index (κ2) is 16.8. The lowest BCUT2D eigenvalue weighted by molar-refractivity contribution is -0.0760. The molecule has 2 fully saturated rings. The molecule has 0 spiro atoms. The third-order valence-corrected chi connectivity index (χ3v) is 22.6. The van der Waals surface area contributed by atoms with E-state index in [-0.39, 0.29) is 46.7 Å².